The van der Waals surface area contributed by atoms with E-state index in [2.05, 4.69) is 5.32 Å². The van der Waals surface area contributed by atoms with Crippen LogP contribution in [-0.4, -0.2) is 32.2 Å². The lowest BCUT2D eigenvalue weighted by Crippen LogP contribution is -2.29. The molecule has 0 aromatic rings. The molecule has 1 aliphatic carbocycles. The molecule has 2 nitrogen and oxygen atoms in total. The van der Waals surface area contributed by atoms with Gasteiger partial charge in [-0.1, -0.05) is 12.8 Å². The van der Waals surface area contributed by atoms with E-state index in [1.807, 2.05) is 0 Å². The summed E-state index contributed by atoms with van der Waals surface area (Å²) in [7, 11) is 0. The molecule has 0 atom stereocenters. The maximum Gasteiger partial charge on any atom is 0.261 e. The molecule has 0 amide bonds. The number of hydrogen-bond donors (Lipinski definition) is 1. The Morgan fingerprint density at radius 3 is 2.62 bits per heavy atom. The van der Waals surface area contributed by atoms with E-state index in [9.17, 15) is 8.78 Å². The standard InChI is InChI=1S/C9H17F2NO/c10-9(11)7-13-6-5-12-8-3-1-2-4-8/h8-9,12H,1-7H2. The molecule has 0 unspecified atom stereocenters. The van der Waals surface area contributed by atoms with Gasteiger partial charge in [0.05, 0.1) is 6.61 Å². The monoisotopic (exact) mass is 193 g/mol. The molecule has 0 aromatic carbocycles. The first kappa shape index (κ1) is 10.9. The first-order valence-electron chi connectivity index (χ1n) is 4.88. The second kappa shape index (κ2) is 6.27. The van der Waals surface area contributed by atoms with E-state index in [1.54, 1.807) is 0 Å². The molecule has 0 radical (unpaired) electrons. The van der Waals surface area contributed by atoms with Crippen LogP contribution in [0.25, 0.3) is 0 Å². The van der Waals surface area contributed by atoms with Crippen LogP contribution in [0.4, 0.5) is 8.78 Å². The molecule has 0 aromatic heterocycles. The van der Waals surface area contributed by atoms with Crippen LogP contribution in [0.2, 0.25) is 0 Å². The van der Waals surface area contributed by atoms with Crippen molar-refractivity contribution >= 4 is 0 Å². The van der Waals surface area contributed by atoms with E-state index < -0.39 is 13.0 Å². The summed E-state index contributed by atoms with van der Waals surface area (Å²) >= 11 is 0. The van der Waals surface area contributed by atoms with Gasteiger partial charge in [-0.05, 0) is 12.8 Å². The summed E-state index contributed by atoms with van der Waals surface area (Å²) in [6.45, 7) is 0.643. The van der Waals surface area contributed by atoms with Crippen molar-refractivity contribution in [2.24, 2.45) is 0 Å². The second-order valence-electron chi connectivity index (χ2n) is 3.40. The molecule has 0 bridgehead atoms. The Bertz CT molecular complexity index is 127. The molecule has 0 spiro atoms. The zero-order valence-electron chi connectivity index (χ0n) is 7.77. The van der Waals surface area contributed by atoms with Gasteiger partial charge in [0.15, 0.2) is 0 Å². The number of nitrogens with one attached hydrogen (secondary N) is 1. The molecule has 1 saturated carbocycles. The minimum Gasteiger partial charge on any atom is -0.374 e. The van der Waals surface area contributed by atoms with Crippen LogP contribution in [-0.2, 0) is 4.74 Å². The Balaban J connectivity index is 1.83. The fourth-order valence-corrected chi connectivity index (χ4v) is 1.64. The maximum atomic E-state index is 11.6. The van der Waals surface area contributed by atoms with Gasteiger partial charge in [0.2, 0.25) is 0 Å². The molecule has 13 heavy (non-hydrogen) atoms. The van der Waals surface area contributed by atoms with Crippen molar-refractivity contribution in [3.8, 4) is 0 Å². The van der Waals surface area contributed by atoms with Crippen LogP contribution < -0.4 is 5.32 Å². The molecule has 1 fully saturated rings. The highest BCUT2D eigenvalue weighted by Gasteiger charge is 2.13. The van der Waals surface area contributed by atoms with Gasteiger partial charge in [0.1, 0.15) is 6.61 Å². The summed E-state index contributed by atoms with van der Waals surface area (Å²) in [6, 6.07) is 0.593. The van der Waals surface area contributed by atoms with E-state index in [0.29, 0.717) is 19.2 Å². The van der Waals surface area contributed by atoms with Gasteiger partial charge >= 0.3 is 0 Å². The summed E-state index contributed by atoms with van der Waals surface area (Å²) in [4.78, 5) is 0. The van der Waals surface area contributed by atoms with Crippen LogP contribution in [0.15, 0.2) is 0 Å². The molecule has 1 rings (SSSR count). The van der Waals surface area contributed by atoms with Gasteiger partial charge in [0.25, 0.3) is 6.43 Å². The smallest absolute Gasteiger partial charge is 0.261 e. The van der Waals surface area contributed by atoms with Crippen molar-refractivity contribution in [1.29, 1.82) is 0 Å². The predicted molar refractivity (Wildman–Crippen MR) is 47.1 cm³/mol. The first-order chi connectivity index (χ1) is 6.29. The van der Waals surface area contributed by atoms with Crippen molar-refractivity contribution in [3.05, 3.63) is 0 Å². The minimum absolute atomic E-state index is 0.390. The summed E-state index contributed by atoms with van der Waals surface area (Å²) in [5.74, 6) is 0. The van der Waals surface area contributed by atoms with Gasteiger partial charge in [-0.15, -0.1) is 0 Å². The predicted octanol–water partition coefficient (Wildman–Crippen LogP) is 1.80. The Morgan fingerprint density at radius 1 is 1.31 bits per heavy atom. The van der Waals surface area contributed by atoms with E-state index in [0.717, 1.165) is 0 Å². The van der Waals surface area contributed by atoms with Crippen LogP contribution in [0, 0.1) is 0 Å². The topological polar surface area (TPSA) is 21.3 Å². The molecule has 1 aliphatic rings. The Hall–Kier alpha value is -0.220. The fourth-order valence-electron chi connectivity index (χ4n) is 1.64. The van der Waals surface area contributed by atoms with Crippen molar-refractivity contribution in [2.75, 3.05) is 19.8 Å². The van der Waals surface area contributed by atoms with Gasteiger partial charge < -0.3 is 10.1 Å². The lowest BCUT2D eigenvalue weighted by atomic mass is 10.2. The third kappa shape index (κ3) is 5.16. The zero-order valence-corrected chi connectivity index (χ0v) is 7.77. The van der Waals surface area contributed by atoms with E-state index in [-0.39, 0.29) is 0 Å². The van der Waals surface area contributed by atoms with Gasteiger partial charge in [-0.2, -0.15) is 0 Å². The highest BCUT2D eigenvalue weighted by Crippen LogP contribution is 2.17. The van der Waals surface area contributed by atoms with Crippen LogP contribution >= 0.6 is 0 Å². The molecule has 4 heteroatoms. The van der Waals surface area contributed by atoms with E-state index in [4.69, 9.17) is 4.74 Å². The Morgan fingerprint density at radius 2 is 2.00 bits per heavy atom. The molecular formula is C9H17F2NO. The average Bonchev–Trinajstić information content (AvgIpc) is 2.55. The summed E-state index contributed by atoms with van der Waals surface area (Å²) in [6.07, 6.45) is 2.67. The lowest BCUT2D eigenvalue weighted by molar-refractivity contribution is 0.0182. The SMILES string of the molecule is FC(F)COCCNC1CCCC1. The quantitative estimate of drug-likeness (QED) is 0.649. The molecule has 1 N–H and O–H groups in total. The first-order valence-corrected chi connectivity index (χ1v) is 4.88. The lowest BCUT2D eigenvalue weighted by Gasteiger charge is -2.11. The van der Waals surface area contributed by atoms with Gasteiger partial charge in [-0.3, -0.25) is 0 Å². The van der Waals surface area contributed by atoms with E-state index >= 15 is 0 Å². The van der Waals surface area contributed by atoms with Crippen molar-refractivity contribution in [2.45, 2.75) is 38.2 Å². The van der Waals surface area contributed by atoms with Crippen LogP contribution in [0.3, 0.4) is 0 Å². The maximum absolute atomic E-state index is 11.6. The Kier molecular flexibility index (Phi) is 5.23. The summed E-state index contributed by atoms with van der Waals surface area (Å²) in [5.41, 5.74) is 0. The van der Waals surface area contributed by atoms with Crippen molar-refractivity contribution < 1.29 is 13.5 Å². The zero-order chi connectivity index (χ0) is 9.52. The number of ether oxygens (including phenoxy) is 1. The number of rotatable bonds is 6. The fraction of sp³-hybridized carbons (Fsp3) is 1.00. The molecular weight excluding hydrogens is 176 g/mol. The van der Waals surface area contributed by atoms with Crippen LogP contribution in [0.5, 0.6) is 0 Å². The Labute approximate surface area is 77.6 Å². The largest absolute Gasteiger partial charge is 0.374 e. The van der Waals surface area contributed by atoms with Crippen molar-refractivity contribution in [1.82, 2.24) is 5.32 Å². The van der Waals surface area contributed by atoms with Crippen molar-refractivity contribution in [3.63, 3.8) is 0 Å². The third-order valence-electron chi connectivity index (χ3n) is 2.28. The molecule has 0 heterocycles. The number of halogens is 2. The highest BCUT2D eigenvalue weighted by molar-refractivity contribution is 4.72. The molecule has 78 valence electrons. The van der Waals surface area contributed by atoms with Gasteiger partial charge in [0, 0.05) is 12.6 Å². The van der Waals surface area contributed by atoms with Gasteiger partial charge in [-0.25, -0.2) is 8.78 Å². The molecule has 0 saturated heterocycles. The van der Waals surface area contributed by atoms with E-state index in [1.165, 1.54) is 25.7 Å². The second-order valence-corrected chi connectivity index (χ2v) is 3.40. The third-order valence-corrected chi connectivity index (χ3v) is 2.28. The number of hydrogen-bond acceptors (Lipinski definition) is 2. The highest BCUT2D eigenvalue weighted by atomic mass is 19.3. The summed E-state index contributed by atoms with van der Waals surface area (Å²) in [5, 5.41) is 3.29. The average molecular weight is 193 g/mol. The molecule has 0 aliphatic heterocycles. The van der Waals surface area contributed by atoms with Crippen LogP contribution in [0.1, 0.15) is 25.7 Å². The summed E-state index contributed by atoms with van der Waals surface area (Å²) < 4.78 is 28.0. The normalized spacial score (nSPS) is 18.7. The number of alkyl halides is 2. The minimum atomic E-state index is -2.34.